The molecule has 0 saturated carbocycles. The first-order chi connectivity index (χ1) is 13.5. The summed E-state index contributed by atoms with van der Waals surface area (Å²) in [5.41, 5.74) is 1.41. The SMILES string of the molecule is CN(C)c1ccc(N2C(=O)C(O)=C(C(=O)c3ccco3)C2c2ccco2)cc1. The summed E-state index contributed by atoms with van der Waals surface area (Å²) >= 11 is 0. The van der Waals surface area contributed by atoms with Gasteiger partial charge in [-0.2, -0.15) is 0 Å². The maximum Gasteiger partial charge on any atom is 0.294 e. The number of Topliss-reactive ketones (excluding diaryl/α,β-unsaturated/α-hetero) is 1. The predicted octanol–water partition coefficient (Wildman–Crippen LogP) is 3.72. The molecule has 0 spiro atoms. The van der Waals surface area contributed by atoms with Crippen molar-refractivity contribution in [1.29, 1.82) is 0 Å². The third kappa shape index (κ3) is 2.77. The van der Waals surface area contributed by atoms with Gasteiger partial charge in [0.05, 0.1) is 18.1 Å². The van der Waals surface area contributed by atoms with Crippen LogP contribution in [0.15, 0.2) is 81.2 Å². The molecular weight excluding hydrogens is 360 g/mol. The molecule has 7 heteroatoms. The molecule has 0 aliphatic carbocycles. The summed E-state index contributed by atoms with van der Waals surface area (Å²) in [6.45, 7) is 0. The third-order valence-electron chi connectivity index (χ3n) is 4.65. The number of nitrogens with zero attached hydrogens (tertiary/aromatic N) is 2. The molecule has 7 nitrogen and oxygen atoms in total. The minimum absolute atomic E-state index is 0.0377. The van der Waals surface area contributed by atoms with Crippen molar-refractivity contribution in [3.8, 4) is 0 Å². The van der Waals surface area contributed by atoms with Crippen LogP contribution in [-0.4, -0.2) is 30.9 Å². The highest BCUT2D eigenvalue weighted by Gasteiger charge is 2.46. The second-order valence-electron chi connectivity index (χ2n) is 6.57. The number of rotatable bonds is 5. The largest absolute Gasteiger partial charge is 0.503 e. The van der Waals surface area contributed by atoms with Gasteiger partial charge in [-0.1, -0.05) is 0 Å². The molecule has 1 unspecified atom stereocenters. The number of ketones is 1. The van der Waals surface area contributed by atoms with Gasteiger partial charge in [-0.3, -0.25) is 14.5 Å². The zero-order valence-electron chi connectivity index (χ0n) is 15.3. The zero-order valence-corrected chi connectivity index (χ0v) is 15.3. The summed E-state index contributed by atoms with van der Waals surface area (Å²) in [6, 6.07) is 12.7. The van der Waals surface area contributed by atoms with Crippen LogP contribution in [-0.2, 0) is 4.79 Å². The van der Waals surface area contributed by atoms with Gasteiger partial charge in [0.15, 0.2) is 11.5 Å². The molecule has 28 heavy (non-hydrogen) atoms. The third-order valence-corrected chi connectivity index (χ3v) is 4.65. The van der Waals surface area contributed by atoms with Gasteiger partial charge in [-0.15, -0.1) is 0 Å². The van der Waals surface area contributed by atoms with E-state index in [0.29, 0.717) is 11.4 Å². The van der Waals surface area contributed by atoms with Crippen LogP contribution < -0.4 is 9.80 Å². The van der Waals surface area contributed by atoms with Crippen molar-refractivity contribution in [2.75, 3.05) is 23.9 Å². The van der Waals surface area contributed by atoms with E-state index in [1.165, 1.54) is 23.5 Å². The summed E-state index contributed by atoms with van der Waals surface area (Å²) in [6.07, 6.45) is 2.82. The highest BCUT2D eigenvalue weighted by Crippen LogP contribution is 2.42. The van der Waals surface area contributed by atoms with E-state index in [1.807, 2.05) is 31.1 Å². The molecule has 3 heterocycles. The Labute approximate surface area is 161 Å². The molecule has 3 aromatic rings. The Balaban J connectivity index is 1.81. The number of furan rings is 2. The van der Waals surface area contributed by atoms with Gasteiger partial charge in [0.2, 0.25) is 5.78 Å². The Morgan fingerprint density at radius 1 is 1.04 bits per heavy atom. The molecule has 0 fully saturated rings. The number of hydrogen-bond donors (Lipinski definition) is 1. The number of aliphatic hydroxyl groups is 1. The molecule has 142 valence electrons. The molecule has 0 saturated heterocycles. The number of benzene rings is 1. The minimum Gasteiger partial charge on any atom is -0.503 e. The maximum absolute atomic E-state index is 13.0. The number of carbonyl (C=O) groups excluding carboxylic acids is 2. The summed E-state index contributed by atoms with van der Waals surface area (Å²) in [5, 5.41) is 10.5. The fourth-order valence-electron chi connectivity index (χ4n) is 3.27. The van der Waals surface area contributed by atoms with Crippen LogP contribution in [0.4, 0.5) is 11.4 Å². The maximum atomic E-state index is 13.0. The highest BCUT2D eigenvalue weighted by molar-refractivity contribution is 6.20. The summed E-state index contributed by atoms with van der Waals surface area (Å²) in [4.78, 5) is 29.1. The Kier molecular flexibility index (Phi) is 4.27. The van der Waals surface area contributed by atoms with Crippen molar-refractivity contribution in [1.82, 2.24) is 0 Å². The standard InChI is InChI=1S/C21H18N2O5/c1-22(2)13-7-9-14(10-8-13)23-18(15-5-3-11-27-15)17(20(25)21(23)26)19(24)16-6-4-12-28-16/h3-12,18,25H,1-2H3. The quantitative estimate of drug-likeness (QED) is 0.681. The zero-order chi connectivity index (χ0) is 19.8. The Morgan fingerprint density at radius 3 is 2.29 bits per heavy atom. The summed E-state index contributed by atoms with van der Waals surface area (Å²) in [5.74, 6) is -1.45. The van der Waals surface area contributed by atoms with Crippen molar-refractivity contribution < 1.29 is 23.5 Å². The fourth-order valence-corrected chi connectivity index (χ4v) is 3.27. The molecule has 1 atom stereocenters. The molecule has 0 radical (unpaired) electrons. The summed E-state index contributed by atoms with van der Waals surface area (Å²) in [7, 11) is 3.82. The van der Waals surface area contributed by atoms with Gasteiger partial charge in [0, 0.05) is 25.5 Å². The molecule has 1 aromatic carbocycles. The van der Waals surface area contributed by atoms with E-state index in [1.54, 1.807) is 30.3 Å². The van der Waals surface area contributed by atoms with Crippen LogP contribution in [0.25, 0.3) is 0 Å². The summed E-state index contributed by atoms with van der Waals surface area (Å²) < 4.78 is 10.7. The van der Waals surface area contributed by atoms with Crippen LogP contribution in [0.3, 0.4) is 0 Å². The van der Waals surface area contributed by atoms with Gasteiger partial charge in [0.25, 0.3) is 5.91 Å². The van der Waals surface area contributed by atoms with Crippen molar-refractivity contribution in [2.45, 2.75) is 6.04 Å². The molecule has 2 aromatic heterocycles. The Morgan fingerprint density at radius 2 is 1.71 bits per heavy atom. The lowest BCUT2D eigenvalue weighted by Gasteiger charge is -2.25. The number of amides is 1. The second kappa shape index (κ2) is 6.77. The van der Waals surface area contributed by atoms with Gasteiger partial charge < -0.3 is 18.8 Å². The van der Waals surface area contributed by atoms with E-state index >= 15 is 0 Å². The first kappa shape index (κ1) is 17.7. The van der Waals surface area contributed by atoms with Gasteiger partial charge in [0.1, 0.15) is 11.8 Å². The number of carbonyl (C=O) groups is 2. The fraction of sp³-hybridized carbons (Fsp3) is 0.143. The monoisotopic (exact) mass is 378 g/mol. The number of anilines is 2. The first-order valence-corrected chi connectivity index (χ1v) is 8.64. The van der Waals surface area contributed by atoms with Crippen molar-refractivity contribution in [3.05, 3.63) is 83.9 Å². The van der Waals surface area contributed by atoms with Crippen LogP contribution in [0.2, 0.25) is 0 Å². The topological polar surface area (TPSA) is 87.1 Å². The number of aliphatic hydroxyl groups excluding tert-OH is 1. The van der Waals surface area contributed by atoms with Crippen LogP contribution in [0.5, 0.6) is 0 Å². The lowest BCUT2D eigenvalue weighted by Crippen LogP contribution is -2.30. The molecule has 1 aliphatic heterocycles. The van der Waals surface area contributed by atoms with E-state index in [-0.39, 0.29) is 11.3 Å². The van der Waals surface area contributed by atoms with E-state index in [4.69, 9.17) is 8.83 Å². The normalized spacial score (nSPS) is 16.7. The lowest BCUT2D eigenvalue weighted by atomic mass is 9.99. The van der Waals surface area contributed by atoms with E-state index in [9.17, 15) is 14.7 Å². The second-order valence-corrected chi connectivity index (χ2v) is 6.57. The smallest absolute Gasteiger partial charge is 0.294 e. The Hall–Kier alpha value is -3.74. The van der Waals surface area contributed by atoms with Gasteiger partial charge in [-0.05, 0) is 48.5 Å². The van der Waals surface area contributed by atoms with Crippen LogP contribution in [0, 0.1) is 0 Å². The molecular formula is C21H18N2O5. The average Bonchev–Trinajstić information content (AvgIpc) is 3.43. The lowest BCUT2D eigenvalue weighted by molar-refractivity contribution is -0.117. The van der Waals surface area contributed by atoms with Crippen molar-refractivity contribution in [3.63, 3.8) is 0 Å². The first-order valence-electron chi connectivity index (χ1n) is 8.64. The molecule has 0 bridgehead atoms. The predicted molar refractivity (Wildman–Crippen MR) is 102 cm³/mol. The highest BCUT2D eigenvalue weighted by atomic mass is 16.3. The van der Waals surface area contributed by atoms with Crippen LogP contribution >= 0.6 is 0 Å². The van der Waals surface area contributed by atoms with Gasteiger partial charge >= 0.3 is 0 Å². The number of hydrogen-bond acceptors (Lipinski definition) is 6. The molecule has 1 N–H and O–H groups in total. The Bertz CT molecular complexity index is 1030. The van der Waals surface area contributed by atoms with Crippen molar-refractivity contribution >= 4 is 23.1 Å². The van der Waals surface area contributed by atoms with Crippen LogP contribution in [0.1, 0.15) is 22.4 Å². The minimum atomic E-state index is -0.898. The van der Waals surface area contributed by atoms with E-state index in [0.717, 1.165) is 5.69 Å². The van der Waals surface area contributed by atoms with E-state index in [2.05, 4.69) is 0 Å². The molecule has 1 aliphatic rings. The molecule has 1 amide bonds. The van der Waals surface area contributed by atoms with Crippen molar-refractivity contribution in [2.24, 2.45) is 0 Å². The average molecular weight is 378 g/mol. The van der Waals surface area contributed by atoms with Gasteiger partial charge in [-0.25, -0.2) is 0 Å². The molecule has 4 rings (SSSR count). The van der Waals surface area contributed by atoms with E-state index < -0.39 is 23.5 Å².